The average molecular weight is 836 g/mol. The van der Waals surface area contributed by atoms with Gasteiger partial charge in [-0.15, -0.1) is 0 Å². The highest BCUT2D eigenvalue weighted by Gasteiger charge is 2.22. The molecule has 8 heteroatoms. The van der Waals surface area contributed by atoms with Crippen LogP contribution in [0.25, 0.3) is 122 Å². The van der Waals surface area contributed by atoms with E-state index in [1.807, 2.05) is 72.8 Å². The van der Waals surface area contributed by atoms with Crippen molar-refractivity contribution in [1.82, 2.24) is 34.1 Å². The van der Waals surface area contributed by atoms with Crippen molar-refractivity contribution < 1.29 is 4.42 Å². The summed E-state index contributed by atoms with van der Waals surface area (Å²) >= 11 is 0. The van der Waals surface area contributed by atoms with Crippen molar-refractivity contribution in [3.05, 3.63) is 200 Å². The van der Waals surface area contributed by atoms with Gasteiger partial charge >= 0.3 is 0 Å². The largest absolute Gasteiger partial charge is 0.452 e. The highest BCUT2D eigenvalue weighted by Crippen LogP contribution is 2.41. The smallest absolute Gasteiger partial charge is 0.238 e. The van der Waals surface area contributed by atoms with Crippen LogP contribution in [-0.4, -0.2) is 34.1 Å². The van der Waals surface area contributed by atoms with Gasteiger partial charge in [-0.3, -0.25) is 9.13 Å². The number of furan rings is 1. The third kappa shape index (κ3) is 5.95. The molecule has 0 bridgehead atoms. The van der Waals surface area contributed by atoms with E-state index in [1.54, 1.807) is 0 Å². The molecule has 306 valence electrons. The maximum Gasteiger partial charge on any atom is 0.238 e. The molecule has 0 aliphatic carbocycles. The first-order valence-corrected chi connectivity index (χ1v) is 21.9. The molecule has 5 aromatic heterocycles. The second-order valence-corrected chi connectivity index (χ2v) is 16.4. The number of aromatic nitrogens is 7. The van der Waals surface area contributed by atoms with Gasteiger partial charge in [-0.1, -0.05) is 159 Å². The lowest BCUT2D eigenvalue weighted by atomic mass is 9.99. The molecule has 0 fully saturated rings. The van der Waals surface area contributed by atoms with Crippen LogP contribution in [0.15, 0.2) is 199 Å². The zero-order chi connectivity index (χ0) is 43.0. The van der Waals surface area contributed by atoms with Gasteiger partial charge in [0.05, 0.1) is 22.1 Å². The van der Waals surface area contributed by atoms with Crippen molar-refractivity contribution in [3.8, 4) is 57.0 Å². The fraction of sp³-hybridized carbons (Fsp3) is 0.0351. The number of aryl methyl sites for hydroxylation is 1. The molecule has 0 N–H and O–H groups in total. The molecule has 0 aliphatic heterocycles. The monoisotopic (exact) mass is 835 g/mol. The van der Waals surface area contributed by atoms with E-state index < -0.39 is 0 Å². The van der Waals surface area contributed by atoms with Crippen molar-refractivity contribution in [2.75, 3.05) is 0 Å². The van der Waals surface area contributed by atoms with Crippen molar-refractivity contribution in [2.45, 2.75) is 13.3 Å². The van der Waals surface area contributed by atoms with E-state index in [0.29, 0.717) is 29.7 Å². The Labute approximate surface area is 372 Å². The maximum absolute atomic E-state index is 6.55. The number of hydrogen-bond acceptors (Lipinski definition) is 6. The van der Waals surface area contributed by atoms with Gasteiger partial charge in [0.1, 0.15) is 22.8 Å². The molecule has 0 spiro atoms. The minimum atomic E-state index is 0.580. The van der Waals surface area contributed by atoms with Crippen LogP contribution in [0.1, 0.15) is 12.7 Å². The number of para-hydroxylation sites is 1. The molecule has 8 aromatic carbocycles. The van der Waals surface area contributed by atoms with E-state index in [9.17, 15) is 0 Å². The van der Waals surface area contributed by atoms with Crippen molar-refractivity contribution >= 4 is 65.5 Å². The molecule has 0 saturated carbocycles. The summed E-state index contributed by atoms with van der Waals surface area (Å²) in [5.74, 6) is 3.35. The molecule has 5 heterocycles. The lowest BCUT2D eigenvalue weighted by Crippen LogP contribution is -2.07. The predicted molar refractivity (Wildman–Crippen MR) is 262 cm³/mol. The Morgan fingerprint density at radius 3 is 1.75 bits per heavy atom. The van der Waals surface area contributed by atoms with Crippen LogP contribution in [0.2, 0.25) is 0 Å². The molecule has 0 saturated heterocycles. The fourth-order valence-corrected chi connectivity index (χ4v) is 9.49. The number of nitrogens with zero attached hydrogens (tertiary/aromatic N) is 7. The molecule has 0 unspecified atom stereocenters. The highest BCUT2D eigenvalue weighted by atomic mass is 16.3. The number of fused-ring (bicyclic) bond motifs is 9. The third-order valence-electron chi connectivity index (χ3n) is 12.5. The second kappa shape index (κ2) is 14.7. The first-order chi connectivity index (χ1) is 32.2. The maximum atomic E-state index is 6.55. The Morgan fingerprint density at radius 2 is 1.00 bits per heavy atom. The van der Waals surface area contributed by atoms with Crippen LogP contribution in [-0.2, 0) is 6.42 Å². The number of rotatable bonds is 7. The third-order valence-corrected chi connectivity index (χ3v) is 12.5. The van der Waals surface area contributed by atoms with Crippen molar-refractivity contribution in [2.24, 2.45) is 0 Å². The standard InChI is InChI=1S/C57H37N7O/c1-2-51-59-55(38-21-10-5-11-22-38)62-57(60-51)64-48-30-28-40(33-44(48)52-41-23-13-12-16-35(41)26-31-49(52)64)39-27-29-47-43(32-39)42-24-14-15-25-46(42)63(47)56-58-45-34-50(36-17-6-3-7-18-36)65-54(45)53(61-56)37-19-8-4-9-20-37/h3-34H,2H2,1H3. The van der Waals surface area contributed by atoms with E-state index in [4.69, 9.17) is 29.3 Å². The van der Waals surface area contributed by atoms with Gasteiger partial charge in [0.15, 0.2) is 11.4 Å². The summed E-state index contributed by atoms with van der Waals surface area (Å²) in [6.45, 7) is 2.09. The predicted octanol–water partition coefficient (Wildman–Crippen LogP) is 14.0. The van der Waals surface area contributed by atoms with Crippen molar-refractivity contribution in [1.29, 1.82) is 0 Å². The number of benzene rings is 8. The van der Waals surface area contributed by atoms with E-state index in [-0.39, 0.29) is 0 Å². The molecule has 0 amide bonds. The van der Waals surface area contributed by atoms with Gasteiger partial charge in [0.2, 0.25) is 11.9 Å². The van der Waals surface area contributed by atoms with Gasteiger partial charge in [-0.05, 0) is 58.3 Å². The first kappa shape index (κ1) is 36.9. The Bertz CT molecular complexity index is 3980. The summed E-state index contributed by atoms with van der Waals surface area (Å²) in [6, 6.07) is 67.5. The first-order valence-electron chi connectivity index (χ1n) is 21.9. The molecule has 13 rings (SSSR count). The van der Waals surface area contributed by atoms with Gasteiger partial charge in [-0.25, -0.2) is 15.0 Å². The minimum Gasteiger partial charge on any atom is -0.452 e. The van der Waals surface area contributed by atoms with Crippen LogP contribution in [0.4, 0.5) is 0 Å². The summed E-state index contributed by atoms with van der Waals surface area (Å²) < 4.78 is 10.9. The normalized spacial score (nSPS) is 11.8. The molecule has 65 heavy (non-hydrogen) atoms. The van der Waals surface area contributed by atoms with Gasteiger partial charge in [-0.2, -0.15) is 9.97 Å². The van der Waals surface area contributed by atoms with E-state index in [1.165, 1.54) is 10.8 Å². The second-order valence-electron chi connectivity index (χ2n) is 16.4. The zero-order valence-corrected chi connectivity index (χ0v) is 35.2. The Kier molecular flexibility index (Phi) is 8.32. The lowest BCUT2D eigenvalue weighted by Gasteiger charge is -2.10. The molecule has 0 aliphatic rings. The Balaban J connectivity index is 1.01. The average Bonchev–Trinajstić information content (AvgIpc) is 4.07. The quantitative estimate of drug-likeness (QED) is 0.159. The summed E-state index contributed by atoms with van der Waals surface area (Å²) in [6.07, 6.45) is 0.686. The SMILES string of the molecule is CCc1nc(-c2ccccc2)nc(-n2c3ccc(-c4ccc5c(c4)c4ccccc4n5-c4nc(-c5ccccc5)c5oc(-c6ccccc6)cc5n4)cc3c3c4ccccc4ccc32)n1. The minimum absolute atomic E-state index is 0.580. The molecule has 0 radical (unpaired) electrons. The molecular formula is C57H37N7O. The Hall–Kier alpha value is -8.75. The summed E-state index contributed by atoms with van der Waals surface area (Å²) in [5, 5.41) is 6.87. The summed E-state index contributed by atoms with van der Waals surface area (Å²) in [7, 11) is 0. The van der Waals surface area contributed by atoms with Crippen LogP contribution >= 0.6 is 0 Å². The van der Waals surface area contributed by atoms with E-state index in [0.717, 1.165) is 94.2 Å². The van der Waals surface area contributed by atoms with Crippen LogP contribution in [0, 0.1) is 0 Å². The molecule has 8 nitrogen and oxygen atoms in total. The lowest BCUT2D eigenvalue weighted by molar-refractivity contribution is 0.630. The van der Waals surface area contributed by atoms with Gasteiger partial charge in [0.25, 0.3) is 0 Å². The number of hydrogen-bond donors (Lipinski definition) is 0. The van der Waals surface area contributed by atoms with Crippen molar-refractivity contribution in [3.63, 3.8) is 0 Å². The van der Waals surface area contributed by atoms with Gasteiger partial charge in [0, 0.05) is 50.7 Å². The molecular weight excluding hydrogens is 799 g/mol. The van der Waals surface area contributed by atoms with E-state index >= 15 is 0 Å². The topological polar surface area (TPSA) is 87.5 Å². The van der Waals surface area contributed by atoms with Gasteiger partial charge < -0.3 is 4.42 Å². The highest BCUT2D eigenvalue weighted by molar-refractivity contribution is 6.22. The molecule has 13 aromatic rings. The Morgan fingerprint density at radius 1 is 0.415 bits per heavy atom. The van der Waals surface area contributed by atoms with Crippen LogP contribution in [0.5, 0.6) is 0 Å². The van der Waals surface area contributed by atoms with E-state index in [2.05, 4.69) is 137 Å². The van der Waals surface area contributed by atoms with Crippen LogP contribution in [0.3, 0.4) is 0 Å². The fourth-order valence-electron chi connectivity index (χ4n) is 9.49. The molecule has 0 atom stereocenters. The summed E-state index contributed by atoms with van der Waals surface area (Å²) in [4.78, 5) is 25.5. The summed E-state index contributed by atoms with van der Waals surface area (Å²) in [5.41, 5.74) is 11.4. The zero-order valence-electron chi connectivity index (χ0n) is 35.2. The van der Waals surface area contributed by atoms with Crippen LogP contribution < -0.4 is 0 Å².